The molecule has 0 aliphatic heterocycles. The molecule has 0 aliphatic carbocycles. The van der Waals surface area contributed by atoms with Gasteiger partial charge in [-0.05, 0) is 66.6 Å². The van der Waals surface area contributed by atoms with Crippen LogP contribution in [0.15, 0.2) is 46.9 Å². The number of aryl methyl sites for hydroxylation is 1. The molecule has 20 heavy (non-hydrogen) atoms. The molecule has 0 N–H and O–H groups in total. The van der Waals surface area contributed by atoms with Gasteiger partial charge in [-0.25, -0.2) is 4.39 Å². The number of halogens is 3. The first-order chi connectivity index (χ1) is 9.58. The molecular weight excluding hydrogens is 339 g/mol. The number of benzene rings is 2. The van der Waals surface area contributed by atoms with Gasteiger partial charge in [0.2, 0.25) is 0 Å². The second-order valence-electron chi connectivity index (χ2n) is 5.13. The molecule has 0 nitrogen and oxygen atoms in total. The summed E-state index contributed by atoms with van der Waals surface area (Å²) in [4.78, 5) is 0. The van der Waals surface area contributed by atoms with Crippen molar-refractivity contribution in [2.24, 2.45) is 5.92 Å². The largest absolute Gasteiger partial charge is 0.207 e. The highest BCUT2D eigenvalue weighted by molar-refractivity contribution is 9.10. The molecule has 0 bridgehead atoms. The SMILES string of the molecule is Cc1ccc(F)cc1CC(CCl)Cc1cccc(Br)c1. The molecule has 0 heterocycles. The van der Waals surface area contributed by atoms with E-state index in [0.717, 1.165) is 28.4 Å². The summed E-state index contributed by atoms with van der Waals surface area (Å²) >= 11 is 9.57. The maximum Gasteiger partial charge on any atom is 0.123 e. The third-order valence-corrected chi connectivity index (χ3v) is 4.38. The van der Waals surface area contributed by atoms with Gasteiger partial charge in [-0.2, -0.15) is 0 Å². The van der Waals surface area contributed by atoms with E-state index in [4.69, 9.17) is 11.6 Å². The minimum Gasteiger partial charge on any atom is -0.207 e. The minimum atomic E-state index is -0.179. The Bertz CT molecular complexity index is 583. The molecule has 0 aromatic heterocycles. The van der Waals surface area contributed by atoms with Gasteiger partial charge in [0.05, 0.1) is 0 Å². The second kappa shape index (κ2) is 7.24. The quantitative estimate of drug-likeness (QED) is 0.618. The molecule has 1 atom stereocenters. The lowest BCUT2D eigenvalue weighted by Gasteiger charge is -2.16. The molecule has 2 aromatic rings. The maximum atomic E-state index is 13.3. The van der Waals surface area contributed by atoms with E-state index in [2.05, 4.69) is 28.1 Å². The molecule has 2 rings (SSSR count). The minimum absolute atomic E-state index is 0.179. The molecule has 0 radical (unpaired) electrons. The third kappa shape index (κ3) is 4.32. The van der Waals surface area contributed by atoms with Crippen molar-refractivity contribution in [3.63, 3.8) is 0 Å². The van der Waals surface area contributed by atoms with Gasteiger partial charge in [0.25, 0.3) is 0 Å². The first kappa shape index (κ1) is 15.5. The van der Waals surface area contributed by atoms with Crippen molar-refractivity contribution in [3.8, 4) is 0 Å². The molecule has 0 saturated carbocycles. The van der Waals surface area contributed by atoms with Crippen LogP contribution in [0.3, 0.4) is 0 Å². The van der Waals surface area contributed by atoms with Crippen LogP contribution in [0, 0.1) is 18.7 Å². The van der Waals surface area contributed by atoms with E-state index in [9.17, 15) is 4.39 Å². The number of hydrogen-bond donors (Lipinski definition) is 0. The Balaban J connectivity index is 2.11. The van der Waals surface area contributed by atoms with Crippen LogP contribution in [0.25, 0.3) is 0 Å². The van der Waals surface area contributed by atoms with Gasteiger partial charge in [-0.15, -0.1) is 11.6 Å². The van der Waals surface area contributed by atoms with Crippen molar-refractivity contribution >= 4 is 27.5 Å². The first-order valence-corrected chi connectivity index (χ1v) is 7.96. The van der Waals surface area contributed by atoms with Crippen molar-refractivity contribution in [2.45, 2.75) is 19.8 Å². The molecule has 0 spiro atoms. The lowest BCUT2D eigenvalue weighted by atomic mass is 9.92. The van der Waals surface area contributed by atoms with Crippen LogP contribution in [-0.2, 0) is 12.8 Å². The van der Waals surface area contributed by atoms with Gasteiger partial charge in [0.15, 0.2) is 0 Å². The Morgan fingerprint density at radius 3 is 2.65 bits per heavy atom. The fourth-order valence-corrected chi connectivity index (χ4v) is 3.01. The first-order valence-electron chi connectivity index (χ1n) is 6.64. The van der Waals surface area contributed by atoms with Gasteiger partial charge in [0.1, 0.15) is 5.82 Å². The fourth-order valence-electron chi connectivity index (χ4n) is 2.35. The van der Waals surface area contributed by atoms with Crippen LogP contribution < -0.4 is 0 Å². The molecule has 2 aromatic carbocycles. The van der Waals surface area contributed by atoms with Crippen LogP contribution in [-0.4, -0.2) is 5.88 Å². The highest BCUT2D eigenvalue weighted by Crippen LogP contribution is 2.21. The van der Waals surface area contributed by atoms with E-state index in [0.29, 0.717) is 11.8 Å². The Labute approximate surface area is 133 Å². The summed E-state index contributed by atoms with van der Waals surface area (Å²) in [5, 5.41) is 0. The Morgan fingerprint density at radius 2 is 1.95 bits per heavy atom. The van der Waals surface area contributed by atoms with Crippen LogP contribution in [0.4, 0.5) is 4.39 Å². The lowest BCUT2D eigenvalue weighted by Crippen LogP contribution is -2.11. The highest BCUT2D eigenvalue weighted by Gasteiger charge is 2.12. The van der Waals surface area contributed by atoms with Gasteiger partial charge in [-0.3, -0.25) is 0 Å². The van der Waals surface area contributed by atoms with Gasteiger partial charge in [0, 0.05) is 10.4 Å². The van der Waals surface area contributed by atoms with Crippen molar-refractivity contribution in [1.82, 2.24) is 0 Å². The van der Waals surface area contributed by atoms with E-state index in [1.54, 1.807) is 6.07 Å². The topological polar surface area (TPSA) is 0 Å². The van der Waals surface area contributed by atoms with E-state index in [-0.39, 0.29) is 5.82 Å². The molecule has 0 amide bonds. The van der Waals surface area contributed by atoms with E-state index < -0.39 is 0 Å². The van der Waals surface area contributed by atoms with E-state index >= 15 is 0 Å². The summed E-state index contributed by atoms with van der Waals surface area (Å²) in [5.74, 6) is 0.704. The maximum absolute atomic E-state index is 13.3. The molecule has 0 fully saturated rings. The lowest BCUT2D eigenvalue weighted by molar-refractivity contribution is 0.574. The fraction of sp³-hybridized carbons (Fsp3) is 0.294. The monoisotopic (exact) mass is 354 g/mol. The average molecular weight is 356 g/mol. The summed E-state index contributed by atoms with van der Waals surface area (Å²) < 4.78 is 14.4. The molecule has 0 saturated heterocycles. The van der Waals surface area contributed by atoms with Crippen LogP contribution in [0.2, 0.25) is 0 Å². The Morgan fingerprint density at radius 1 is 1.15 bits per heavy atom. The predicted molar refractivity (Wildman–Crippen MR) is 86.9 cm³/mol. The third-order valence-electron chi connectivity index (χ3n) is 3.45. The molecule has 106 valence electrons. The second-order valence-corrected chi connectivity index (χ2v) is 6.35. The van der Waals surface area contributed by atoms with E-state index in [1.165, 1.54) is 11.6 Å². The Kier molecular flexibility index (Phi) is 5.62. The zero-order valence-electron chi connectivity index (χ0n) is 11.4. The summed E-state index contributed by atoms with van der Waals surface area (Å²) in [6, 6.07) is 13.2. The predicted octanol–water partition coefficient (Wildman–Crippen LogP) is 5.54. The van der Waals surface area contributed by atoms with Crippen LogP contribution in [0.5, 0.6) is 0 Å². The van der Waals surface area contributed by atoms with Crippen molar-refractivity contribution < 1.29 is 4.39 Å². The number of hydrogen-bond acceptors (Lipinski definition) is 0. The van der Waals surface area contributed by atoms with Gasteiger partial charge >= 0.3 is 0 Å². The number of rotatable bonds is 5. The van der Waals surface area contributed by atoms with Gasteiger partial charge in [-0.1, -0.05) is 34.1 Å². The summed E-state index contributed by atoms with van der Waals surface area (Å²) in [7, 11) is 0. The zero-order chi connectivity index (χ0) is 14.5. The van der Waals surface area contributed by atoms with Gasteiger partial charge < -0.3 is 0 Å². The van der Waals surface area contributed by atoms with Crippen LogP contribution >= 0.6 is 27.5 Å². The molecule has 1 unspecified atom stereocenters. The summed E-state index contributed by atoms with van der Waals surface area (Å²) in [6.07, 6.45) is 1.71. The van der Waals surface area contributed by atoms with E-state index in [1.807, 2.05) is 25.1 Å². The Hall–Kier alpha value is -0.860. The number of alkyl halides is 1. The van der Waals surface area contributed by atoms with Crippen molar-refractivity contribution in [1.29, 1.82) is 0 Å². The summed E-state index contributed by atoms with van der Waals surface area (Å²) in [5.41, 5.74) is 3.42. The summed E-state index contributed by atoms with van der Waals surface area (Å²) in [6.45, 7) is 2.01. The average Bonchev–Trinajstić information content (AvgIpc) is 2.42. The van der Waals surface area contributed by atoms with Crippen LogP contribution in [0.1, 0.15) is 16.7 Å². The molecule has 3 heteroatoms. The van der Waals surface area contributed by atoms with Crippen molar-refractivity contribution in [2.75, 3.05) is 5.88 Å². The highest BCUT2D eigenvalue weighted by atomic mass is 79.9. The standard InChI is InChI=1S/C17H17BrClF/c1-12-5-6-17(20)10-15(12)8-14(11-19)7-13-3-2-4-16(18)9-13/h2-6,9-10,14H,7-8,11H2,1H3. The smallest absolute Gasteiger partial charge is 0.123 e. The zero-order valence-corrected chi connectivity index (χ0v) is 13.7. The normalized spacial score (nSPS) is 12.4. The molecule has 0 aliphatic rings. The molecular formula is C17H17BrClF. The van der Waals surface area contributed by atoms with Crippen molar-refractivity contribution in [3.05, 3.63) is 69.4 Å².